The van der Waals surface area contributed by atoms with E-state index in [9.17, 15) is 4.79 Å². The molecule has 0 aromatic heterocycles. The molecule has 1 amide bonds. The summed E-state index contributed by atoms with van der Waals surface area (Å²) in [6, 6.07) is 0. The molecule has 0 bridgehead atoms. The van der Waals surface area contributed by atoms with Gasteiger partial charge in [0, 0.05) is 30.6 Å². The van der Waals surface area contributed by atoms with Crippen LogP contribution in [0.2, 0.25) is 0 Å². The number of hydrogen-bond donors (Lipinski definition) is 2. The molecule has 0 saturated carbocycles. The van der Waals surface area contributed by atoms with Gasteiger partial charge >= 0.3 is 0 Å². The number of amides is 1. The van der Waals surface area contributed by atoms with Crippen molar-refractivity contribution in [2.75, 3.05) is 31.9 Å². The van der Waals surface area contributed by atoms with E-state index in [0.717, 1.165) is 31.3 Å². The minimum atomic E-state index is -0.602. The number of carbonyl (C=O) groups is 1. The molecule has 124 valence electrons. The van der Waals surface area contributed by atoms with Gasteiger partial charge < -0.3 is 16.0 Å². The predicted octanol–water partition coefficient (Wildman–Crippen LogP) is 1.91. The van der Waals surface area contributed by atoms with Crippen molar-refractivity contribution < 1.29 is 4.79 Å². The maximum Gasteiger partial charge on any atom is 0.224 e. The number of nitrogens with two attached hydrogens (primary N) is 1. The van der Waals surface area contributed by atoms with Crippen LogP contribution in [0.5, 0.6) is 0 Å². The summed E-state index contributed by atoms with van der Waals surface area (Å²) < 4.78 is 0. The number of carbonyl (C=O) groups excluding carboxylic acids is 1. The van der Waals surface area contributed by atoms with Gasteiger partial charge in [0.25, 0.3) is 0 Å². The van der Waals surface area contributed by atoms with Crippen LogP contribution in [0.4, 0.5) is 0 Å². The molecule has 21 heavy (non-hydrogen) atoms. The predicted molar refractivity (Wildman–Crippen MR) is 102 cm³/mol. The van der Waals surface area contributed by atoms with Gasteiger partial charge in [-0.25, -0.2) is 0 Å². The zero-order chi connectivity index (χ0) is 15.2. The lowest BCUT2D eigenvalue weighted by Crippen LogP contribution is -2.48. The Bertz CT molecular complexity index is 363. The number of nitrogens with one attached hydrogen (secondary N) is 1. The zero-order valence-electron chi connectivity index (χ0n) is 13.5. The normalized spacial score (nSPS) is 19.9. The summed E-state index contributed by atoms with van der Waals surface area (Å²) in [6.45, 7) is 11.2. The lowest BCUT2D eigenvalue weighted by atomic mass is 9.93. The molecule has 0 aromatic carbocycles. The van der Waals surface area contributed by atoms with E-state index in [1.807, 2.05) is 25.6 Å². The third kappa shape index (κ3) is 6.63. The molecule has 1 aliphatic rings. The van der Waals surface area contributed by atoms with E-state index < -0.39 is 5.41 Å². The summed E-state index contributed by atoms with van der Waals surface area (Å²) in [5, 5.41) is 3.99. The van der Waals surface area contributed by atoms with Crippen LogP contribution in [0.15, 0.2) is 4.99 Å². The number of guanidine groups is 1. The summed E-state index contributed by atoms with van der Waals surface area (Å²) in [7, 11) is 0. The summed E-state index contributed by atoms with van der Waals surface area (Å²) in [6.07, 6.45) is 1.17. The van der Waals surface area contributed by atoms with Crippen LogP contribution < -0.4 is 11.1 Å². The third-order valence-corrected chi connectivity index (χ3v) is 4.89. The van der Waals surface area contributed by atoms with E-state index in [4.69, 9.17) is 5.73 Å². The van der Waals surface area contributed by atoms with Crippen molar-refractivity contribution in [1.29, 1.82) is 0 Å². The Labute approximate surface area is 149 Å². The van der Waals surface area contributed by atoms with Gasteiger partial charge in [0.05, 0.1) is 12.0 Å². The van der Waals surface area contributed by atoms with E-state index in [1.54, 1.807) is 0 Å². The molecular formula is C14H29IN4OS. The number of hydrogen-bond acceptors (Lipinski definition) is 3. The van der Waals surface area contributed by atoms with Crippen molar-refractivity contribution in [3.8, 4) is 0 Å². The molecule has 1 heterocycles. The molecule has 1 saturated heterocycles. The highest BCUT2D eigenvalue weighted by Gasteiger charge is 2.26. The number of halogens is 1. The quantitative estimate of drug-likeness (QED) is 0.399. The Balaban J connectivity index is 0.00000400. The van der Waals surface area contributed by atoms with Gasteiger partial charge in [0.15, 0.2) is 5.96 Å². The molecule has 0 aliphatic carbocycles. The Morgan fingerprint density at radius 2 is 2.14 bits per heavy atom. The number of nitrogens with zero attached hydrogens (tertiary/aromatic N) is 2. The molecule has 3 N–H and O–H groups in total. The van der Waals surface area contributed by atoms with E-state index in [1.165, 1.54) is 6.42 Å². The second-order valence-corrected chi connectivity index (χ2v) is 7.17. The average molecular weight is 428 g/mol. The topological polar surface area (TPSA) is 70.7 Å². The van der Waals surface area contributed by atoms with Crippen LogP contribution in [-0.4, -0.2) is 53.9 Å². The average Bonchev–Trinajstić information content (AvgIpc) is 2.43. The lowest BCUT2D eigenvalue weighted by molar-refractivity contribution is -0.125. The Hall–Kier alpha value is -0.180. The highest BCUT2D eigenvalue weighted by molar-refractivity contribution is 14.0. The summed E-state index contributed by atoms with van der Waals surface area (Å²) in [4.78, 5) is 18.3. The van der Waals surface area contributed by atoms with Crippen molar-refractivity contribution in [2.24, 2.45) is 16.1 Å². The van der Waals surface area contributed by atoms with Gasteiger partial charge in [-0.3, -0.25) is 9.79 Å². The van der Waals surface area contributed by atoms with Crippen molar-refractivity contribution in [1.82, 2.24) is 10.2 Å². The van der Waals surface area contributed by atoms with E-state index in [0.29, 0.717) is 11.8 Å². The third-order valence-electron chi connectivity index (χ3n) is 3.52. The van der Waals surface area contributed by atoms with Gasteiger partial charge in [-0.2, -0.15) is 11.8 Å². The first kappa shape index (κ1) is 20.8. The zero-order valence-corrected chi connectivity index (χ0v) is 16.7. The molecule has 5 nitrogen and oxygen atoms in total. The van der Waals surface area contributed by atoms with Crippen molar-refractivity contribution in [3.63, 3.8) is 0 Å². The fraction of sp³-hybridized carbons (Fsp3) is 0.857. The summed E-state index contributed by atoms with van der Waals surface area (Å²) in [5.74, 6) is 1.72. The first-order chi connectivity index (χ1) is 9.40. The van der Waals surface area contributed by atoms with Crippen LogP contribution in [0.25, 0.3) is 0 Å². The van der Waals surface area contributed by atoms with Crippen LogP contribution in [-0.2, 0) is 4.79 Å². The van der Waals surface area contributed by atoms with Gasteiger partial charge in [-0.1, -0.05) is 6.92 Å². The van der Waals surface area contributed by atoms with E-state index in [2.05, 4.69) is 29.1 Å². The van der Waals surface area contributed by atoms with Crippen LogP contribution in [0.3, 0.4) is 0 Å². The second kappa shape index (κ2) is 9.76. The Morgan fingerprint density at radius 1 is 1.48 bits per heavy atom. The summed E-state index contributed by atoms with van der Waals surface area (Å²) >= 11 is 2.03. The molecule has 1 fully saturated rings. The lowest BCUT2D eigenvalue weighted by Gasteiger charge is -2.34. The molecule has 1 atom stereocenters. The summed E-state index contributed by atoms with van der Waals surface area (Å²) in [5.41, 5.74) is 4.81. The van der Waals surface area contributed by atoms with Crippen LogP contribution >= 0.6 is 35.7 Å². The standard InChI is InChI=1S/C14H28N4OS.HI/c1-5-11-9-18(7-8-20-11)13(16-6-2)17-10-14(3,4)12(15)19;/h11H,5-10H2,1-4H3,(H2,15,19)(H,16,17);1H. The second-order valence-electron chi connectivity index (χ2n) is 5.77. The first-order valence-electron chi connectivity index (χ1n) is 7.35. The molecular weight excluding hydrogens is 399 g/mol. The fourth-order valence-electron chi connectivity index (χ4n) is 1.93. The van der Waals surface area contributed by atoms with Gasteiger partial charge in [0.1, 0.15) is 0 Å². The maximum atomic E-state index is 11.4. The van der Waals surface area contributed by atoms with Crippen molar-refractivity contribution in [2.45, 2.75) is 39.4 Å². The Morgan fingerprint density at radius 3 is 2.67 bits per heavy atom. The molecule has 0 radical (unpaired) electrons. The van der Waals surface area contributed by atoms with Crippen LogP contribution in [0, 0.1) is 5.41 Å². The number of thioether (sulfide) groups is 1. The largest absolute Gasteiger partial charge is 0.369 e. The maximum absolute atomic E-state index is 11.4. The first-order valence-corrected chi connectivity index (χ1v) is 8.40. The highest BCUT2D eigenvalue weighted by Crippen LogP contribution is 2.21. The monoisotopic (exact) mass is 428 g/mol. The molecule has 7 heteroatoms. The Kier molecular flexibility index (Phi) is 9.68. The smallest absolute Gasteiger partial charge is 0.224 e. The molecule has 0 aromatic rings. The van der Waals surface area contributed by atoms with Gasteiger partial charge in [-0.15, -0.1) is 24.0 Å². The molecule has 1 unspecified atom stereocenters. The highest BCUT2D eigenvalue weighted by atomic mass is 127. The van der Waals surface area contributed by atoms with E-state index in [-0.39, 0.29) is 29.9 Å². The van der Waals surface area contributed by atoms with Crippen LogP contribution in [0.1, 0.15) is 34.1 Å². The van der Waals surface area contributed by atoms with Gasteiger partial charge in [-0.05, 0) is 27.2 Å². The number of aliphatic imine (C=N–C) groups is 1. The number of rotatable bonds is 5. The SMILES string of the molecule is CCNC(=NCC(C)(C)C(N)=O)N1CCSC(CC)C1.I. The molecule has 1 rings (SSSR count). The number of primary amides is 1. The molecule has 1 aliphatic heterocycles. The van der Waals surface area contributed by atoms with Crippen molar-refractivity contribution >= 4 is 47.6 Å². The molecule has 0 spiro atoms. The van der Waals surface area contributed by atoms with Gasteiger partial charge in [0.2, 0.25) is 5.91 Å². The minimum absolute atomic E-state index is 0. The van der Waals surface area contributed by atoms with E-state index >= 15 is 0 Å². The fourth-order valence-corrected chi connectivity index (χ4v) is 3.12. The minimum Gasteiger partial charge on any atom is -0.369 e. The van der Waals surface area contributed by atoms with Crippen molar-refractivity contribution in [3.05, 3.63) is 0 Å².